The molecule has 0 aliphatic carbocycles. The Kier molecular flexibility index (Phi) is 6.14. The van der Waals surface area contributed by atoms with Crippen molar-refractivity contribution in [1.29, 1.82) is 0 Å². The molecule has 0 fully saturated rings. The van der Waals surface area contributed by atoms with Crippen LogP contribution in [0.3, 0.4) is 0 Å². The number of carboxylic acid groups (broad SMARTS) is 2. The summed E-state index contributed by atoms with van der Waals surface area (Å²) in [6.45, 7) is 0.795. The van der Waals surface area contributed by atoms with E-state index in [-0.39, 0.29) is 0 Å². The number of rotatable bonds is 5. The lowest BCUT2D eigenvalue weighted by Crippen LogP contribution is -2.43. The van der Waals surface area contributed by atoms with Gasteiger partial charge in [0, 0.05) is 6.92 Å². The van der Waals surface area contributed by atoms with Gasteiger partial charge in [-0.1, -0.05) is 0 Å². The molecule has 0 radical (unpaired) electrons. The first kappa shape index (κ1) is 18.2. The normalized spacial score (nSPS) is 12.7. The Hall–Kier alpha value is -2.82. The van der Waals surface area contributed by atoms with Gasteiger partial charge in [0.15, 0.2) is 5.60 Å². The lowest BCUT2D eigenvalue weighted by Gasteiger charge is -2.19. The minimum Gasteiger partial charge on any atom is -0.481 e. The zero-order valence-corrected chi connectivity index (χ0v) is 10.5. The van der Waals surface area contributed by atoms with Crippen molar-refractivity contribution < 1.29 is 53.6 Å². The lowest BCUT2D eigenvalue weighted by atomic mass is 9.96. The average molecular weight is 306 g/mol. The summed E-state index contributed by atoms with van der Waals surface area (Å²) in [5.41, 5.74) is -3.02. The van der Waals surface area contributed by atoms with Crippen LogP contribution in [-0.2, 0) is 38.2 Å². The van der Waals surface area contributed by atoms with E-state index in [2.05, 4.69) is 9.47 Å². The Balaban J connectivity index is 4.76. The molecule has 3 N–H and O–H groups in total. The number of carboxylic acids is 2. The van der Waals surface area contributed by atoms with Gasteiger partial charge in [-0.25, -0.2) is 14.4 Å². The van der Waals surface area contributed by atoms with Crippen LogP contribution in [0.4, 0.5) is 0 Å². The molecule has 11 nitrogen and oxygen atoms in total. The van der Waals surface area contributed by atoms with E-state index < -0.39 is 54.3 Å². The zero-order valence-electron chi connectivity index (χ0n) is 10.5. The Bertz CT molecular complexity index is 505. The summed E-state index contributed by atoms with van der Waals surface area (Å²) in [4.78, 5) is 64.4. The molecule has 1 unspecified atom stereocenters. The van der Waals surface area contributed by atoms with E-state index in [0.29, 0.717) is 0 Å². The number of ether oxygens (including phenoxy) is 2. The molecule has 0 saturated heterocycles. The van der Waals surface area contributed by atoms with Crippen molar-refractivity contribution in [2.24, 2.45) is 0 Å². The molecule has 0 aliphatic heterocycles. The fourth-order valence-corrected chi connectivity index (χ4v) is 1.06. The summed E-state index contributed by atoms with van der Waals surface area (Å²) >= 11 is 0. The molecular weight excluding hydrogens is 296 g/mol. The molecule has 0 saturated carbocycles. The van der Waals surface area contributed by atoms with E-state index in [4.69, 9.17) is 10.2 Å². The second-order valence-electron chi connectivity index (χ2n) is 3.73. The molecule has 116 valence electrons. The molecule has 0 amide bonds. The minimum absolute atomic E-state index is 0.795. The highest BCUT2D eigenvalue weighted by molar-refractivity contribution is 6.33. The van der Waals surface area contributed by atoms with Crippen LogP contribution in [0.2, 0.25) is 0 Å². The van der Waals surface area contributed by atoms with Crippen LogP contribution in [0.15, 0.2) is 0 Å². The summed E-state index contributed by atoms with van der Waals surface area (Å²) in [5.74, 6) is -10.4. The number of hydrogen-bond donors (Lipinski definition) is 3. The van der Waals surface area contributed by atoms with Crippen LogP contribution in [0.25, 0.3) is 0 Å². The molecule has 1 atom stereocenters. The van der Waals surface area contributed by atoms with E-state index in [1.165, 1.54) is 0 Å². The predicted octanol–water partition coefficient (Wildman–Crippen LogP) is -2.17. The SMILES string of the molecule is CC(=O)OC(=O)C(=O)OC(=O)CC(O)(CC(=O)O)C(=O)O. The number of carbonyl (C=O) groups excluding carboxylic acids is 4. The maximum absolute atomic E-state index is 11.2. The predicted molar refractivity (Wildman–Crippen MR) is 57.3 cm³/mol. The van der Waals surface area contributed by atoms with Gasteiger partial charge in [-0.3, -0.25) is 14.4 Å². The summed E-state index contributed by atoms with van der Waals surface area (Å²) in [6, 6.07) is 0. The van der Waals surface area contributed by atoms with Gasteiger partial charge in [-0.15, -0.1) is 0 Å². The topological polar surface area (TPSA) is 182 Å². The lowest BCUT2D eigenvalue weighted by molar-refractivity contribution is -0.181. The second kappa shape index (κ2) is 7.09. The highest BCUT2D eigenvalue weighted by Crippen LogP contribution is 2.17. The summed E-state index contributed by atoms with van der Waals surface area (Å²) in [5, 5.41) is 26.5. The van der Waals surface area contributed by atoms with E-state index in [0.717, 1.165) is 6.92 Å². The largest absolute Gasteiger partial charge is 0.481 e. The van der Waals surface area contributed by atoms with Crippen molar-refractivity contribution in [3.8, 4) is 0 Å². The fraction of sp³-hybridized carbons (Fsp3) is 0.400. The molecule has 0 rings (SSSR count). The number of hydrogen-bond acceptors (Lipinski definition) is 9. The maximum Gasteiger partial charge on any atom is 0.425 e. The molecule has 0 aromatic rings. The molecule has 0 aliphatic rings. The van der Waals surface area contributed by atoms with Gasteiger partial charge in [0.05, 0.1) is 12.8 Å². The van der Waals surface area contributed by atoms with E-state index >= 15 is 0 Å². The number of carbonyl (C=O) groups is 6. The fourth-order valence-electron chi connectivity index (χ4n) is 1.06. The second-order valence-corrected chi connectivity index (χ2v) is 3.73. The van der Waals surface area contributed by atoms with Gasteiger partial charge in [0.25, 0.3) is 0 Å². The molecule has 0 spiro atoms. The first-order chi connectivity index (χ1) is 9.47. The van der Waals surface area contributed by atoms with Gasteiger partial charge >= 0.3 is 35.8 Å². The first-order valence-electron chi connectivity index (χ1n) is 5.13. The van der Waals surface area contributed by atoms with Gasteiger partial charge in [-0.2, -0.15) is 0 Å². The molecule has 0 aromatic heterocycles. The third-order valence-electron chi connectivity index (χ3n) is 1.89. The van der Waals surface area contributed by atoms with Crippen LogP contribution in [-0.4, -0.2) is 56.7 Å². The number of esters is 4. The van der Waals surface area contributed by atoms with Crippen LogP contribution < -0.4 is 0 Å². The number of aliphatic carboxylic acids is 2. The van der Waals surface area contributed by atoms with Crippen molar-refractivity contribution in [2.45, 2.75) is 25.4 Å². The summed E-state index contributed by atoms with van der Waals surface area (Å²) in [7, 11) is 0. The smallest absolute Gasteiger partial charge is 0.425 e. The highest BCUT2D eigenvalue weighted by Gasteiger charge is 2.42. The Labute approximate surface area is 116 Å². The highest BCUT2D eigenvalue weighted by atomic mass is 16.6. The Morgan fingerprint density at radius 1 is 0.905 bits per heavy atom. The summed E-state index contributed by atoms with van der Waals surface area (Å²) < 4.78 is 7.60. The molecule has 21 heavy (non-hydrogen) atoms. The van der Waals surface area contributed by atoms with Crippen molar-refractivity contribution in [3.63, 3.8) is 0 Å². The first-order valence-corrected chi connectivity index (χ1v) is 5.13. The quantitative estimate of drug-likeness (QED) is 0.285. The molecule has 11 heteroatoms. The zero-order chi connectivity index (χ0) is 16.8. The third kappa shape index (κ3) is 6.24. The van der Waals surface area contributed by atoms with Crippen molar-refractivity contribution in [3.05, 3.63) is 0 Å². The summed E-state index contributed by atoms with van der Waals surface area (Å²) in [6.07, 6.45) is -2.75. The standard InChI is InChI=1S/C10H10O11/c1-4(11)20-7(15)8(16)21-6(14)3-10(19,9(17)18)2-5(12)13/h19H,2-3H2,1H3,(H,12,13)(H,17,18). The Morgan fingerprint density at radius 2 is 1.38 bits per heavy atom. The monoisotopic (exact) mass is 306 g/mol. The van der Waals surface area contributed by atoms with Crippen LogP contribution in [0.1, 0.15) is 19.8 Å². The van der Waals surface area contributed by atoms with Crippen molar-refractivity contribution in [1.82, 2.24) is 0 Å². The van der Waals surface area contributed by atoms with Gasteiger partial charge in [0.1, 0.15) is 0 Å². The maximum atomic E-state index is 11.2. The molecular formula is C10H10O11. The van der Waals surface area contributed by atoms with Gasteiger partial charge in [0.2, 0.25) is 0 Å². The minimum atomic E-state index is -3.02. The van der Waals surface area contributed by atoms with Crippen LogP contribution in [0, 0.1) is 0 Å². The van der Waals surface area contributed by atoms with Gasteiger partial charge in [-0.05, 0) is 0 Å². The number of aliphatic hydroxyl groups is 1. The molecule has 0 heterocycles. The third-order valence-corrected chi connectivity index (χ3v) is 1.89. The van der Waals surface area contributed by atoms with Crippen LogP contribution in [0.5, 0.6) is 0 Å². The molecule has 0 bridgehead atoms. The average Bonchev–Trinajstić information content (AvgIpc) is 2.25. The van der Waals surface area contributed by atoms with Gasteiger partial charge < -0.3 is 24.8 Å². The van der Waals surface area contributed by atoms with Crippen molar-refractivity contribution in [2.75, 3.05) is 0 Å². The van der Waals surface area contributed by atoms with E-state index in [1.807, 2.05) is 0 Å². The van der Waals surface area contributed by atoms with Crippen LogP contribution >= 0.6 is 0 Å². The Morgan fingerprint density at radius 3 is 1.76 bits per heavy atom. The molecule has 0 aromatic carbocycles. The van der Waals surface area contributed by atoms with E-state index in [9.17, 15) is 33.9 Å². The van der Waals surface area contributed by atoms with Crippen molar-refractivity contribution >= 4 is 35.8 Å². The van der Waals surface area contributed by atoms with E-state index in [1.54, 1.807) is 0 Å².